The number of hydrogen-bond acceptors (Lipinski definition) is 2. The van der Waals surface area contributed by atoms with Crippen LogP contribution in [0.2, 0.25) is 0 Å². The summed E-state index contributed by atoms with van der Waals surface area (Å²) in [5.74, 6) is 1.65. The largest absolute Gasteiger partial charge is 0.303 e. The van der Waals surface area contributed by atoms with E-state index >= 15 is 0 Å². The first kappa shape index (κ1) is 17.2. The van der Waals surface area contributed by atoms with Crippen LogP contribution in [0.25, 0.3) is 11.1 Å². The van der Waals surface area contributed by atoms with E-state index in [1.165, 1.54) is 37.1 Å². The average Bonchev–Trinajstić information content (AvgIpc) is 2.63. The van der Waals surface area contributed by atoms with Crippen molar-refractivity contribution in [2.45, 2.75) is 19.3 Å². The number of Topliss-reactive ketones (excluding diaryl/α,β-unsaturated/α-hetero) is 1. The van der Waals surface area contributed by atoms with Gasteiger partial charge in [-0.2, -0.15) is 0 Å². The molecule has 0 saturated carbocycles. The summed E-state index contributed by atoms with van der Waals surface area (Å²) in [6.45, 7) is 3.60. The summed E-state index contributed by atoms with van der Waals surface area (Å²) in [5.41, 5.74) is 3.23. The van der Waals surface area contributed by atoms with E-state index < -0.39 is 0 Å². The van der Waals surface area contributed by atoms with Crippen molar-refractivity contribution in [1.29, 1.82) is 0 Å². The molecule has 126 valence electrons. The molecule has 0 amide bonds. The third kappa shape index (κ3) is 3.55. The normalized spacial score (nSPS) is 25.1. The Morgan fingerprint density at radius 3 is 2.12 bits per heavy atom. The lowest BCUT2D eigenvalue weighted by atomic mass is 9.76. The zero-order chi connectivity index (χ0) is 15.6. The Morgan fingerprint density at radius 1 is 0.917 bits per heavy atom. The topological polar surface area (TPSA) is 20.3 Å². The van der Waals surface area contributed by atoms with Crippen molar-refractivity contribution in [2.75, 3.05) is 19.6 Å². The second-order valence-electron chi connectivity index (χ2n) is 6.97. The number of fused-ring (bicyclic) bond motifs is 3. The number of nitrogens with zero attached hydrogens (tertiary/aromatic N) is 1. The molecule has 3 aliphatic rings. The molecule has 3 heteroatoms. The highest BCUT2D eigenvalue weighted by molar-refractivity contribution is 5.96. The predicted molar refractivity (Wildman–Crippen MR) is 101 cm³/mol. The molecule has 24 heavy (non-hydrogen) atoms. The van der Waals surface area contributed by atoms with Gasteiger partial charge in [-0.25, -0.2) is 0 Å². The SMILES string of the molecule is Cl.O=C(CC1CN2CCC1CC2)c1ccc(-c2ccccc2)cc1. The molecule has 2 bridgehead atoms. The van der Waals surface area contributed by atoms with Crippen LogP contribution in [0, 0.1) is 11.8 Å². The van der Waals surface area contributed by atoms with E-state index in [9.17, 15) is 4.79 Å². The zero-order valence-electron chi connectivity index (χ0n) is 13.9. The van der Waals surface area contributed by atoms with E-state index in [-0.39, 0.29) is 12.4 Å². The monoisotopic (exact) mass is 341 g/mol. The Morgan fingerprint density at radius 2 is 1.54 bits per heavy atom. The van der Waals surface area contributed by atoms with Crippen LogP contribution in [-0.2, 0) is 0 Å². The highest BCUT2D eigenvalue weighted by atomic mass is 35.5. The van der Waals surface area contributed by atoms with Crippen LogP contribution in [0.5, 0.6) is 0 Å². The van der Waals surface area contributed by atoms with Crippen LogP contribution in [0.3, 0.4) is 0 Å². The lowest BCUT2D eigenvalue weighted by Gasteiger charge is -2.44. The minimum atomic E-state index is 0. The van der Waals surface area contributed by atoms with Crippen molar-refractivity contribution in [1.82, 2.24) is 4.90 Å². The van der Waals surface area contributed by atoms with E-state index in [4.69, 9.17) is 0 Å². The molecular weight excluding hydrogens is 318 g/mol. The Labute approximate surface area is 150 Å². The summed E-state index contributed by atoms with van der Waals surface area (Å²) in [4.78, 5) is 15.1. The summed E-state index contributed by atoms with van der Waals surface area (Å²) in [6.07, 6.45) is 3.28. The fraction of sp³-hybridized carbons (Fsp3) is 0.381. The van der Waals surface area contributed by atoms with Crippen molar-refractivity contribution in [3.8, 4) is 11.1 Å². The van der Waals surface area contributed by atoms with Crippen LogP contribution in [-0.4, -0.2) is 30.3 Å². The number of halogens is 1. The Kier molecular flexibility index (Phi) is 5.37. The van der Waals surface area contributed by atoms with Crippen molar-refractivity contribution in [3.63, 3.8) is 0 Å². The van der Waals surface area contributed by atoms with Gasteiger partial charge < -0.3 is 4.90 Å². The molecule has 0 radical (unpaired) electrons. The van der Waals surface area contributed by atoms with Gasteiger partial charge in [0, 0.05) is 18.5 Å². The van der Waals surface area contributed by atoms with Crippen LogP contribution in [0.1, 0.15) is 29.6 Å². The summed E-state index contributed by atoms with van der Waals surface area (Å²) in [5, 5.41) is 0. The van der Waals surface area contributed by atoms with Crippen molar-refractivity contribution < 1.29 is 4.79 Å². The highest BCUT2D eigenvalue weighted by Crippen LogP contribution is 2.35. The molecule has 1 atom stereocenters. The Balaban J connectivity index is 0.00000169. The standard InChI is InChI=1S/C21H23NO.ClH/c23-21(14-20-15-22-12-10-18(20)11-13-22)19-8-6-17(7-9-19)16-4-2-1-3-5-16;/h1-9,18,20H,10-15H2;1H. The summed E-state index contributed by atoms with van der Waals surface area (Å²) >= 11 is 0. The van der Waals surface area contributed by atoms with E-state index in [1.807, 2.05) is 30.3 Å². The first-order chi connectivity index (χ1) is 11.3. The lowest BCUT2D eigenvalue weighted by Crippen LogP contribution is -2.47. The number of carbonyl (C=O) groups is 1. The van der Waals surface area contributed by atoms with Gasteiger partial charge in [0.05, 0.1) is 0 Å². The van der Waals surface area contributed by atoms with Crippen LogP contribution in [0.4, 0.5) is 0 Å². The molecular formula is C21H24ClNO. The quantitative estimate of drug-likeness (QED) is 0.752. The van der Waals surface area contributed by atoms with Gasteiger partial charge in [0.1, 0.15) is 0 Å². The molecule has 0 N–H and O–H groups in total. The molecule has 3 heterocycles. The maximum Gasteiger partial charge on any atom is 0.163 e. The predicted octanol–water partition coefficient (Wildman–Crippen LogP) is 4.69. The minimum Gasteiger partial charge on any atom is -0.303 e. The molecule has 0 spiro atoms. The Hall–Kier alpha value is -1.64. The number of ketones is 1. The summed E-state index contributed by atoms with van der Waals surface area (Å²) in [7, 11) is 0. The summed E-state index contributed by atoms with van der Waals surface area (Å²) < 4.78 is 0. The van der Waals surface area contributed by atoms with Gasteiger partial charge in [0.2, 0.25) is 0 Å². The molecule has 2 aromatic rings. The van der Waals surface area contributed by atoms with Crippen LogP contribution < -0.4 is 0 Å². The van der Waals surface area contributed by atoms with Crippen molar-refractivity contribution >= 4 is 18.2 Å². The van der Waals surface area contributed by atoms with Gasteiger partial charge in [-0.15, -0.1) is 12.4 Å². The fourth-order valence-corrected chi connectivity index (χ4v) is 4.15. The first-order valence-electron chi connectivity index (χ1n) is 8.70. The number of hydrogen-bond donors (Lipinski definition) is 0. The molecule has 3 saturated heterocycles. The van der Waals surface area contributed by atoms with Gasteiger partial charge in [-0.05, 0) is 48.9 Å². The molecule has 5 rings (SSSR count). The van der Waals surface area contributed by atoms with E-state index in [0.29, 0.717) is 18.1 Å². The average molecular weight is 342 g/mol. The third-order valence-electron chi connectivity index (χ3n) is 5.55. The fourth-order valence-electron chi connectivity index (χ4n) is 4.15. The molecule has 0 aromatic heterocycles. The van der Waals surface area contributed by atoms with Crippen LogP contribution >= 0.6 is 12.4 Å². The second kappa shape index (κ2) is 7.50. The van der Waals surface area contributed by atoms with E-state index in [0.717, 1.165) is 18.0 Å². The maximum absolute atomic E-state index is 12.6. The van der Waals surface area contributed by atoms with Gasteiger partial charge in [-0.1, -0.05) is 54.6 Å². The molecule has 3 aliphatic heterocycles. The third-order valence-corrected chi connectivity index (χ3v) is 5.55. The van der Waals surface area contributed by atoms with E-state index in [1.54, 1.807) is 0 Å². The van der Waals surface area contributed by atoms with Crippen molar-refractivity contribution in [3.05, 3.63) is 60.2 Å². The maximum atomic E-state index is 12.6. The molecule has 3 fully saturated rings. The minimum absolute atomic E-state index is 0. The molecule has 2 aromatic carbocycles. The van der Waals surface area contributed by atoms with Crippen LogP contribution in [0.15, 0.2) is 54.6 Å². The summed E-state index contributed by atoms with van der Waals surface area (Å²) in [6, 6.07) is 18.4. The molecule has 2 nitrogen and oxygen atoms in total. The van der Waals surface area contributed by atoms with Gasteiger partial charge in [-0.3, -0.25) is 4.79 Å². The number of benzene rings is 2. The molecule has 0 aliphatic carbocycles. The van der Waals surface area contributed by atoms with Gasteiger partial charge in [0.25, 0.3) is 0 Å². The smallest absolute Gasteiger partial charge is 0.163 e. The highest BCUT2D eigenvalue weighted by Gasteiger charge is 2.35. The van der Waals surface area contributed by atoms with Gasteiger partial charge >= 0.3 is 0 Å². The van der Waals surface area contributed by atoms with E-state index in [2.05, 4.69) is 29.2 Å². The second-order valence-corrected chi connectivity index (χ2v) is 6.97. The zero-order valence-corrected chi connectivity index (χ0v) is 14.7. The van der Waals surface area contributed by atoms with Crippen molar-refractivity contribution in [2.24, 2.45) is 11.8 Å². The number of piperidine rings is 3. The Bertz CT molecular complexity index is 675. The number of carbonyl (C=O) groups excluding carboxylic acids is 1. The molecule has 1 unspecified atom stereocenters. The first-order valence-corrected chi connectivity index (χ1v) is 8.70. The lowest BCUT2D eigenvalue weighted by molar-refractivity contribution is 0.0441. The van der Waals surface area contributed by atoms with Gasteiger partial charge in [0.15, 0.2) is 5.78 Å². The number of rotatable bonds is 4.